The summed E-state index contributed by atoms with van der Waals surface area (Å²) >= 11 is 0. The molecule has 1 aliphatic carbocycles. The fraction of sp³-hybridized carbons (Fsp3) is 0.480. The summed E-state index contributed by atoms with van der Waals surface area (Å²) in [5, 5.41) is 2.83. The number of hydrogen-bond donors (Lipinski definition) is 2. The van der Waals surface area contributed by atoms with Gasteiger partial charge in [0.05, 0.1) is 18.7 Å². The SMILES string of the molecule is CCCOc1ccc2c(c1)N(C(C)C)C(c1ccc(NC(=O)OC3CCC3)cc1)C2N. The van der Waals surface area contributed by atoms with Crippen molar-refractivity contribution in [2.45, 2.75) is 70.7 Å². The summed E-state index contributed by atoms with van der Waals surface area (Å²) in [6, 6.07) is 14.3. The molecule has 166 valence electrons. The van der Waals surface area contributed by atoms with Crippen LogP contribution in [0.3, 0.4) is 0 Å². The lowest BCUT2D eigenvalue weighted by molar-refractivity contribution is 0.0624. The number of carbonyl (C=O) groups is 1. The maximum absolute atomic E-state index is 12.0. The van der Waals surface area contributed by atoms with E-state index in [1.807, 2.05) is 30.3 Å². The number of carbonyl (C=O) groups excluding carboxylic acids is 1. The largest absolute Gasteiger partial charge is 0.494 e. The van der Waals surface area contributed by atoms with E-state index >= 15 is 0 Å². The van der Waals surface area contributed by atoms with E-state index in [0.717, 1.165) is 53.9 Å². The predicted molar refractivity (Wildman–Crippen MR) is 124 cm³/mol. The van der Waals surface area contributed by atoms with Crippen molar-refractivity contribution in [3.8, 4) is 5.75 Å². The molecule has 6 nitrogen and oxygen atoms in total. The molecule has 2 aromatic rings. The number of benzene rings is 2. The van der Waals surface area contributed by atoms with Gasteiger partial charge in [0.1, 0.15) is 11.9 Å². The maximum Gasteiger partial charge on any atom is 0.411 e. The van der Waals surface area contributed by atoms with Crippen LogP contribution in [-0.2, 0) is 4.74 Å². The highest BCUT2D eigenvalue weighted by Crippen LogP contribution is 2.48. The van der Waals surface area contributed by atoms with Crippen molar-refractivity contribution >= 4 is 17.5 Å². The Morgan fingerprint density at radius 1 is 1.19 bits per heavy atom. The first-order valence-corrected chi connectivity index (χ1v) is 11.4. The molecular weight excluding hydrogens is 390 g/mol. The van der Waals surface area contributed by atoms with Crippen LogP contribution in [0.5, 0.6) is 5.75 Å². The van der Waals surface area contributed by atoms with E-state index in [0.29, 0.717) is 6.61 Å². The van der Waals surface area contributed by atoms with E-state index in [-0.39, 0.29) is 30.3 Å². The molecule has 4 rings (SSSR count). The average molecular weight is 424 g/mol. The quantitative estimate of drug-likeness (QED) is 0.611. The van der Waals surface area contributed by atoms with Crippen molar-refractivity contribution in [1.29, 1.82) is 0 Å². The Labute approximate surface area is 184 Å². The topological polar surface area (TPSA) is 76.8 Å². The molecule has 0 saturated heterocycles. The van der Waals surface area contributed by atoms with E-state index in [1.54, 1.807) is 0 Å². The van der Waals surface area contributed by atoms with Crippen molar-refractivity contribution < 1.29 is 14.3 Å². The number of hydrogen-bond acceptors (Lipinski definition) is 5. The molecule has 6 heteroatoms. The second-order valence-electron chi connectivity index (χ2n) is 8.75. The lowest BCUT2D eigenvalue weighted by Gasteiger charge is -2.33. The van der Waals surface area contributed by atoms with Gasteiger partial charge in [-0.15, -0.1) is 0 Å². The molecule has 3 N–H and O–H groups in total. The Bertz CT molecular complexity index is 909. The van der Waals surface area contributed by atoms with Crippen LogP contribution >= 0.6 is 0 Å². The molecular formula is C25H33N3O3. The number of rotatable bonds is 7. The van der Waals surface area contributed by atoms with Gasteiger partial charge in [0.15, 0.2) is 0 Å². The molecule has 2 unspecified atom stereocenters. The van der Waals surface area contributed by atoms with Crippen LogP contribution in [0.25, 0.3) is 0 Å². The van der Waals surface area contributed by atoms with Crippen molar-refractivity contribution in [1.82, 2.24) is 0 Å². The Balaban J connectivity index is 1.52. The maximum atomic E-state index is 12.0. The minimum absolute atomic E-state index is 0.0207. The molecule has 2 aliphatic rings. The highest BCUT2D eigenvalue weighted by atomic mass is 16.6. The zero-order chi connectivity index (χ0) is 22.0. The van der Waals surface area contributed by atoms with Gasteiger partial charge in [0, 0.05) is 23.5 Å². The third kappa shape index (κ3) is 4.49. The van der Waals surface area contributed by atoms with Gasteiger partial charge in [-0.3, -0.25) is 5.32 Å². The molecule has 31 heavy (non-hydrogen) atoms. The number of fused-ring (bicyclic) bond motifs is 1. The standard InChI is InChI=1S/C25H33N3O3/c1-4-14-30-20-12-13-21-22(15-20)28(16(2)3)24(23(21)26)17-8-10-18(11-9-17)27-25(29)31-19-6-5-7-19/h8-13,15-16,19,23-24H,4-7,14,26H2,1-3H3,(H,27,29). The molecule has 0 aromatic heterocycles. The lowest BCUT2D eigenvalue weighted by Crippen LogP contribution is -2.35. The van der Waals surface area contributed by atoms with Gasteiger partial charge < -0.3 is 20.1 Å². The van der Waals surface area contributed by atoms with Crippen LogP contribution in [0.2, 0.25) is 0 Å². The van der Waals surface area contributed by atoms with E-state index in [4.69, 9.17) is 15.2 Å². The molecule has 1 fully saturated rings. The van der Waals surface area contributed by atoms with Crippen molar-refractivity contribution in [3.63, 3.8) is 0 Å². The first-order valence-electron chi connectivity index (χ1n) is 11.4. The third-order valence-electron chi connectivity index (χ3n) is 6.13. The van der Waals surface area contributed by atoms with E-state index in [1.165, 1.54) is 0 Å². The number of ether oxygens (including phenoxy) is 2. The number of nitrogens with two attached hydrogens (primary N) is 1. The van der Waals surface area contributed by atoms with Gasteiger partial charge in [0.2, 0.25) is 0 Å². The van der Waals surface area contributed by atoms with E-state index < -0.39 is 0 Å². The number of anilines is 2. The molecule has 1 heterocycles. The molecule has 2 atom stereocenters. The smallest absolute Gasteiger partial charge is 0.411 e. The Morgan fingerprint density at radius 2 is 1.94 bits per heavy atom. The van der Waals surface area contributed by atoms with E-state index in [2.05, 4.69) is 43.1 Å². The van der Waals surface area contributed by atoms with Gasteiger partial charge in [-0.2, -0.15) is 0 Å². The van der Waals surface area contributed by atoms with Crippen LogP contribution in [0.1, 0.15) is 69.7 Å². The van der Waals surface area contributed by atoms with Crippen LogP contribution in [0.4, 0.5) is 16.2 Å². The monoisotopic (exact) mass is 423 g/mol. The predicted octanol–water partition coefficient (Wildman–Crippen LogP) is 5.55. The molecule has 2 aromatic carbocycles. The normalized spacial score (nSPS) is 20.4. The highest BCUT2D eigenvalue weighted by molar-refractivity contribution is 5.84. The summed E-state index contributed by atoms with van der Waals surface area (Å²) in [7, 11) is 0. The minimum atomic E-state index is -0.383. The van der Waals surface area contributed by atoms with E-state index in [9.17, 15) is 4.79 Å². The van der Waals surface area contributed by atoms with Gasteiger partial charge in [0.25, 0.3) is 0 Å². The summed E-state index contributed by atoms with van der Waals surface area (Å²) in [6.45, 7) is 7.17. The fourth-order valence-electron chi connectivity index (χ4n) is 4.35. The Kier molecular flexibility index (Phi) is 6.37. The molecule has 0 radical (unpaired) electrons. The van der Waals surface area contributed by atoms with Gasteiger partial charge >= 0.3 is 6.09 Å². The minimum Gasteiger partial charge on any atom is -0.494 e. The molecule has 1 saturated carbocycles. The molecule has 1 aliphatic heterocycles. The average Bonchev–Trinajstić information content (AvgIpc) is 3.02. The lowest BCUT2D eigenvalue weighted by atomic mass is 9.96. The molecule has 0 bridgehead atoms. The van der Waals surface area contributed by atoms with Crippen LogP contribution in [-0.4, -0.2) is 24.8 Å². The zero-order valence-electron chi connectivity index (χ0n) is 18.6. The summed E-state index contributed by atoms with van der Waals surface area (Å²) < 4.78 is 11.2. The van der Waals surface area contributed by atoms with Gasteiger partial charge in [-0.05, 0) is 68.9 Å². The summed E-state index contributed by atoms with van der Waals surface area (Å²) in [6.07, 6.45) is 3.72. The van der Waals surface area contributed by atoms with Crippen LogP contribution in [0, 0.1) is 0 Å². The second-order valence-corrected chi connectivity index (χ2v) is 8.75. The fourth-order valence-corrected chi connectivity index (χ4v) is 4.35. The van der Waals surface area contributed by atoms with Crippen molar-refractivity contribution in [2.24, 2.45) is 5.73 Å². The number of amides is 1. The summed E-state index contributed by atoms with van der Waals surface area (Å²) in [4.78, 5) is 14.4. The van der Waals surface area contributed by atoms with Gasteiger partial charge in [-0.1, -0.05) is 25.1 Å². The second kappa shape index (κ2) is 9.18. The van der Waals surface area contributed by atoms with Crippen LogP contribution in [0.15, 0.2) is 42.5 Å². The summed E-state index contributed by atoms with van der Waals surface area (Å²) in [5.41, 5.74) is 10.8. The Morgan fingerprint density at radius 3 is 2.55 bits per heavy atom. The van der Waals surface area contributed by atoms with Crippen molar-refractivity contribution in [2.75, 3.05) is 16.8 Å². The summed E-state index contributed by atoms with van der Waals surface area (Å²) in [5.74, 6) is 0.878. The first kappa shape index (κ1) is 21.5. The Hall–Kier alpha value is -2.73. The number of nitrogens with one attached hydrogen (secondary N) is 1. The van der Waals surface area contributed by atoms with Crippen LogP contribution < -0.4 is 20.7 Å². The molecule has 0 spiro atoms. The van der Waals surface area contributed by atoms with Crippen molar-refractivity contribution in [3.05, 3.63) is 53.6 Å². The highest BCUT2D eigenvalue weighted by Gasteiger charge is 2.38. The third-order valence-corrected chi connectivity index (χ3v) is 6.13. The zero-order valence-corrected chi connectivity index (χ0v) is 18.6. The number of nitrogens with zero attached hydrogens (tertiary/aromatic N) is 1. The molecule has 1 amide bonds. The van der Waals surface area contributed by atoms with Gasteiger partial charge in [-0.25, -0.2) is 4.79 Å². The first-order chi connectivity index (χ1) is 15.0.